The maximum atomic E-state index is 11.2. The van der Waals surface area contributed by atoms with Crippen molar-refractivity contribution in [3.63, 3.8) is 0 Å². The Morgan fingerprint density at radius 2 is 1.62 bits per heavy atom. The third-order valence-corrected chi connectivity index (χ3v) is 2.56. The summed E-state index contributed by atoms with van der Waals surface area (Å²) in [6.07, 6.45) is 12.9. The molecule has 0 fully saturated rings. The summed E-state index contributed by atoms with van der Waals surface area (Å²) in [5.74, 6) is 0.252. The van der Waals surface area contributed by atoms with Gasteiger partial charge in [0.25, 0.3) is 0 Å². The fourth-order valence-electron chi connectivity index (χ4n) is 1.55. The minimum absolute atomic E-state index is 0.252. The van der Waals surface area contributed by atoms with Gasteiger partial charge in [0.2, 0.25) is 0 Å². The van der Waals surface area contributed by atoms with E-state index in [9.17, 15) is 4.79 Å². The van der Waals surface area contributed by atoms with Crippen molar-refractivity contribution >= 4 is 5.78 Å². The molecular formula is C15H24O. The zero-order valence-electron chi connectivity index (χ0n) is 10.5. The topological polar surface area (TPSA) is 17.1 Å². The monoisotopic (exact) mass is 220 g/mol. The highest BCUT2D eigenvalue weighted by molar-refractivity contribution is 5.89. The van der Waals surface area contributed by atoms with E-state index in [4.69, 9.17) is 0 Å². The highest BCUT2D eigenvalue weighted by atomic mass is 16.1. The molecule has 90 valence electrons. The van der Waals surface area contributed by atoms with Gasteiger partial charge in [0.1, 0.15) is 0 Å². The standard InChI is InChI=1S/C15H24O/c1-4-11-15(16)13-10-8-6-7-9-12-14(3)5-2/h4-5,11H,2-3,6-10,12-13H2,1H3/b11-4+. The van der Waals surface area contributed by atoms with Crippen molar-refractivity contribution in [1.29, 1.82) is 0 Å². The Morgan fingerprint density at radius 3 is 2.19 bits per heavy atom. The molecule has 0 saturated carbocycles. The Bertz CT molecular complexity index is 248. The average molecular weight is 220 g/mol. The van der Waals surface area contributed by atoms with E-state index in [-0.39, 0.29) is 5.78 Å². The van der Waals surface area contributed by atoms with Crippen LogP contribution in [-0.4, -0.2) is 5.78 Å². The van der Waals surface area contributed by atoms with Crippen LogP contribution in [0.1, 0.15) is 51.9 Å². The van der Waals surface area contributed by atoms with Crippen LogP contribution in [0.3, 0.4) is 0 Å². The van der Waals surface area contributed by atoms with Crippen molar-refractivity contribution in [3.05, 3.63) is 37.0 Å². The highest BCUT2D eigenvalue weighted by Gasteiger charge is 1.96. The minimum atomic E-state index is 0.252. The van der Waals surface area contributed by atoms with Gasteiger partial charge in [0.05, 0.1) is 0 Å². The molecule has 0 unspecified atom stereocenters. The van der Waals surface area contributed by atoms with E-state index in [0.717, 1.165) is 24.8 Å². The molecule has 0 amide bonds. The molecule has 0 radical (unpaired) electrons. The van der Waals surface area contributed by atoms with Crippen LogP contribution in [0.4, 0.5) is 0 Å². The molecule has 0 aliphatic rings. The maximum absolute atomic E-state index is 11.2. The lowest BCUT2D eigenvalue weighted by atomic mass is 10.1. The largest absolute Gasteiger partial charge is 0.295 e. The van der Waals surface area contributed by atoms with E-state index in [1.165, 1.54) is 19.3 Å². The first kappa shape index (κ1) is 14.9. The predicted molar refractivity (Wildman–Crippen MR) is 71.5 cm³/mol. The van der Waals surface area contributed by atoms with Crippen LogP contribution in [-0.2, 0) is 4.79 Å². The van der Waals surface area contributed by atoms with Crippen LogP contribution in [0, 0.1) is 0 Å². The van der Waals surface area contributed by atoms with Crippen molar-refractivity contribution in [2.45, 2.75) is 51.9 Å². The number of carbonyl (C=O) groups is 1. The highest BCUT2D eigenvalue weighted by Crippen LogP contribution is 2.11. The van der Waals surface area contributed by atoms with Gasteiger partial charge in [-0.1, -0.05) is 50.1 Å². The molecule has 0 bridgehead atoms. The van der Waals surface area contributed by atoms with Crippen molar-refractivity contribution in [3.8, 4) is 0 Å². The van der Waals surface area contributed by atoms with Crippen LogP contribution >= 0.6 is 0 Å². The number of unbranched alkanes of at least 4 members (excludes halogenated alkanes) is 4. The molecule has 0 rings (SSSR count). The molecule has 0 spiro atoms. The molecule has 1 heteroatoms. The lowest BCUT2D eigenvalue weighted by Gasteiger charge is -2.01. The van der Waals surface area contributed by atoms with E-state index in [1.54, 1.807) is 6.08 Å². The molecule has 0 atom stereocenters. The van der Waals surface area contributed by atoms with Gasteiger partial charge in [0, 0.05) is 6.42 Å². The summed E-state index contributed by atoms with van der Waals surface area (Å²) in [6, 6.07) is 0. The Hall–Kier alpha value is -1.11. The van der Waals surface area contributed by atoms with Crippen LogP contribution in [0.25, 0.3) is 0 Å². The van der Waals surface area contributed by atoms with Gasteiger partial charge in [-0.15, -0.1) is 0 Å². The quantitative estimate of drug-likeness (QED) is 0.298. The van der Waals surface area contributed by atoms with Crippen molar-refractivity contribution in [2.75, 3.05) is 0 Å². The van der Waals surface area contributed by atoms with E-state index >= 15 is 0 Å². The zero-order valence-corrected chi connectivity index (χ0v) is 10.5. The first-order chi connectivity index (χ1) is 7.70. The zero-order chi connectivity index (χ0) is 12.2. The number of allylic oxidation sites excluding steroid dienone is 4. The van der Waals surface area contributed by atoms with Crippen LogP contribution in [0.5, 0.6) is 0 Å². The first-order valence-electron chi connectivity index (χ1n) is 6.16. The molecule has 0 aromatic carbocycles. The van der Waals surface area contributed by atoms with Crippen LogP contribution in [0.15, 0.2) is 37.0 Å². The second kappa shape index (κ2) is 10.4. The first-order valence-corrected chi connectivity index (χ1v) is 6.16. The molecule has 0 aliphatic carbocycles. The van der Waals surface area contributed by atoms with Crippen LogP contribution in [0.2, 0.25) is 0 Å². The second-order valence-electron chi connectivity index (χ2n) is 4.10. The fraction of sp³-hybridized carbons (Fsp3) is 0.533. The Kier molecular flexibility index (Phi) is 9.69. The lowest BCUT2D eigenvalue weighted by Crippen LogP contribution is -1.91. The van der Waals surface area contributed by atoms with Gasteiger partial charge < -0.3 is 0 Å². The van der Waals surface area contributed by atoms with E-state index in [1.807, 2.05) is 19.1 Å². The molecule has 1 nitrogen and oxygen atoms in total. The van der Waals surface area contributed by atoms with Gasteiger partial charge in [-0.2, -0.15) is 0 Å². The van der Waals surface area contributed by atoms with Gasteiger partial charge >= 0.3 is 0 Å². The summed E-state index contributed by atoms with van der Waals surface area (Å²) in [7, 11) is 0. The molecule has 0 aromatic rings. The van der Waals surface area contributed by atoms with Gasteiger partial charge in [-0.25, -0.2) is 0 Å². The number of hydrogen-bond donors (Lipinski definition) is 0. The smallest absolute Gasteiger partial charge is 0.155 e. The average Bonchev–Trinajstić information content (AvgIpc) is 2.27. The predicted octanol–water partition coefficient (Wildman–Crippen LogP) is 4.60. The van der Waals surface area contributed by atoms with Crippen molar-refractivity contribution in [2.24, 2.45) is 0 Å². The maximum Gasteiger partial charge on any atom is 0.155 e. The van der Waals surface area contributed by atoms with Crippen LogP contribution < -0.4 is 0 Å². The SMILES string of the molecule is C=CC(=C)CCCCCCCC(=O)/C=C/C. The third-order valence-electron chi connectivity index (χ3n) is 2.56. The van der Waals surface area contributed by atoms with Crippen molar-refractivity contribution in [1.82, 2.24) is 0 Å². The molecule has 0 N–H and O–H groups in total. The third kappa shape index (κ3) is 9.45. The summed E-state index contributed by atoms with van der Waals surface area (Å²) < 4.78 is 0. The number of hydrogen-bond acceptors (Lipinski definition) is 1. The summed E-state index contributed by atoms with van der Waals surface area (Å²) in [4.78, 5) is 11.2. The number of rotatable bonds is 10. The Morgan fingerprint density at radius 1 is 1.06 bits per heavy atom. The fourth-order valence-corrected chi connectivity index (χ4v) is 1.55. The molecular weight excluding hydrogens is 196 g/mol. The Balaban J connectivity index is 3.24. The second-order valence-corrected chi connectivity index (χ2v) is 4.10. The molecule has 0 saturated heterocycles. The molecule has 0 aliphatic heterocycles. The molecule has 0 heterocycles. The number of ketones is 1. The van der Waals surface area contributed by atoms with E-state index in [2.05, 4.69) is 13.2 Å². The van der Waals surface area contributed by atoms with Gasteiger partial charge in [0.15, 0.2) is 5.78 Å². The minimum Gasteiger partial charge on any atom is -0.295 e. The van der Waals surface area contributed by atoms with Gasteiger partial charge in [-0.3, -0.25) is 4.79 Å². The normalized spacial score (nSPS) is 10.6. The summed E-state index contributed by atoms with van der Waals surface area (Å²) >= 11 is 0. The Labute approximate surface area is 99.9 Å². The van der Waals surface area contributed by atoms with E-state index < -0.39 is 0 Å². The lowest BCUT2D eigenvalue weighted by molar-refractivity contribution is -0.114. The molecule has 16 heavy (non-hydrogen) atoms. The summed E-state index contributed by atoms with van der Waals surface area (Å²) in [5, 5.41) is 0. The number of carbonyl (C=O) groups excluding carboxylic acids is 1. The summed E-state index contributed by atoms with van der Waals surface area (Å²) in [5.41, 5.74) is 1.13. The van der Waals surface area contributed by atoms with Gasteiger partial charge in [-0.05, 0) is 32.3 Å². The summed E-state index contributed by atoms with van der Waals surface area (Å²) in [6.45, 7) is 9.44. The van der Waals surface area contributed by atoms with E-state index in [0.29, 0.717) is 6.42 Å². The molecule has 0 aromatic heterocycles. The van der Waals surface area contributed by atoms with Crippen molar-refractivity contribution < 1.29 is 4.79 Å².